The summed E-state index contributed by atoms with van der Waals surface area (Å²) >= 11 is 10.7. The number of rotatable bonds is 2. The number of nitrogens with two attached hydrogens (primary N) is 1. The molecule has 1 aromatic carbocycles. The maximum atomic E-state index is 12.6. The number of likely N-dealkylation sites (tertiary alicyclic amines) is 1. The molecule has 1 aliphatic rings. The van der Waals surface area contributed by atoms with Gasteiger partial charge in [0.05, 0.1) is 10.6 Å². The van der Waals surface area contributed by atoms with Crippen molar-refractivity contribution in [1.82, 2.24) is 4.90 Å². The van der Waals surface area contributed by atoms with Crippen LogP contribution < -0.4 is 5.73 Å². The van der Waals surface area contributed by atoms with E-state index in [0.29, 0.717) is 18.1 Å². The lowest BCUT2D eigenvalue weighted by Gasteiger charge is -2.38. The normalized spacial score (nSPS) is 17.9. The third kappa shape index (κ3) is 3.33. The fourth-order valence-corrected chi connectivity index (χ4v) is 3.41. The van der Waals surface area contributed by atoms with E-state index in [1.165, 1.54) is 0 Å². The van der Waals surface area contributed by atoms with Crippen LogP contribution in [-0.4, -0.2) is 28.9 Å². The van der Waals surface area contributed by atoms with Crippen molar-refractivity contribution in [3.63, 3.8) is 0 Å². The molecule has 0 unspecified atom stereocenters. The van der Waals surface area contributed by atoms with E-state index in [2.05, 4.69) is 45.4 Å². The molecular weight excluding hydrogens is 451 g/mol. The molecular formula is C14H16BrIN2OS. The van der Waals surface area contributed by atoms with E-state index in [1.807, 2.05) is 23.1 Å². The van der Waals surface area contributed by atoms with Crippen LogP contribution in [0.3, 0.4) is 0 Å². The Morgan fingerprint density at radius 1 is 1.45 bits per heavy atom. The number of benzene rings is 1. The second kappa shape index (κ2) is 6.27. The van der Waals surface area contributed by atoms with Gasteiger partial charge in [0.15, 0.2) is 0 Å². The van der Waals surface area contributed by atoms with Crippen LogP contribution in [0.4, 0.5) is 0 Å². The molecule has 2 rings (SSSR count). The summed E-state index contributed by atoms with van der Waals surface area (Å²) in [5.74, 6) is 0.0840. The van der Waals surface area contributed by atoms with E-state index in [4.69, 9.17) is 18.0 Å². The van der Waals surface area contributed by atoms with Gasteiger partial charge < -0.3 is 10.6 Å². The lowest BCUT2D eigenvalue weighted by atomic mass is 9.80. The minimum atomic E-state index is -0.115. The Morgan fingerprint density at radius 3 is 2.60 bits per heavy atom. The molecule has 3 nitrogen and oxygen atoms in total. The highest BCUT2D eigenvalue weighted by atomic mass is 127. The fourth-order valence-electron chi connectivity index (χ4n) is 2.28. The van der Waals surface area contributed by atoms with Crippen molar-refractivity contribution in [3.05, 3.63) is 31.8 Å². The van der Waals surface area contributed by atoms with Gasteiger partial charge in [-0.15, -0.1) is 0 Å². The molecule has 1 aromatic rings. The highest BCUT2D eigenvalue weighted by Gasteiger charge is 2.34. The first-order chi connectivity index (χ1) is 9.33. The third-order valence-corrected chi connectivity index (χ3v) is 5.83. The number of thiocarbonyl (C=S) groups is 1. The van der Waals surface area contributed by atoms with Gasteiger partial charge in [-0.1, -0.05) is 35.1 Å². The molecule has 2 N–H and O–H groups in total. The summed E-state index contributed by atoms with van der Waals surface area (Å²) < 4.78 is 1.89. The number of halogens is 2. The Morgan fingerprint density at radius 2 is 2.05 bits per heavy atom. The van der Waals surface area contributed by atoms with Crippen molar-refractivity contribution in [3.8, 4) is 0 Å². The van der Waals surface area contributed by atoms with Crippen molar-refractivity contribution >= 4 is 61.6 Å². The Kier molecular flexibility index (Phi) is 5.07. The van der Waals surface area contributed by atoms with Gasteiger partial charge in [0, 0.05) is 26.5 Å². The molecule has 1 amide bonds. The summed E-state index contributed by atoms with van der Waals surface area (Å²) in [6, 6.07) is 5.77. The first-order valence-corrected chi connectivity index (χ1v) is 8.66. The molecule has 0 aliphatic carbocycles. The van der Waals surface area contributed by atoms with Crippen molar-refractivity contribution in [2.24, 2.45) is 11.1 Å². The second-order valence-corrected chi connectivity index (χ2v) is 7.86. The zero-order valence-corrected chi connectivity index (χ0v) is 15.7. The van der Waals surface area contributed by atoms with Gasteiger partial charge in [0.25, 0.3) is 5.91 Å². The van der Waals surface area contributed by atoms with Gasteiger partial charge in [0.2, 0.25) is 0 Å². The van der Waals surface area contributed by atoms with Gasteiger partial charge in [-0.3, -0.25) is 4.79 Å². The number of hydrogen-bond acceptors (Lipinski definition) is 2. The van der Waals surface area contributed by atoms with Gasteiger partial charge >= 0.3 is 0 Å². The lowest BCUT2D eigenvalue weighted by molar-refractivity contribution is 0.0669. The van der Waals surface area contributed by atoms with Crippen LogP contribution in [0.5, 0.6) is 0 Å². The molecule has 0 spiro atoms. The van der Waals surface area contributed by atoms with Crippen molar-refractivity contribution in [1.29, 1.82) is 0 Å². The zero-order valence-electron chi connectivity index (χ0n) is 11.2. The van der Waals surface area contributed by atoms with Gasteiger partial charge in [-0.05, 0) is 53.6 Å². The Hall–Kier alpha value is -0.210. The standard InChI is InChI=1S/C14H16BrIN2OS/c1-14(13(17)20)4-6-18(7-5-14)12(19)10-8-9(15)2-3-11(10)16/h2-3,8H,4-7H2,1H3,(H2,17,20). The first-order valence-electron chi connectivity index (χ1n) is 6.38. The van der Waals surface area contributed by atoms with Crippen LogP contribution >= 0.6 is 50.7 Å². The van der Waals surface area contributed by atoms with E-state index in [9.17, 15) is 4.79 Å². The minimum Gasteiger partial charge on any atom is -0.393 e. The molecule has 0 atom stereocenters. The number of hydrogen-bond donors (Lipinski definition) is 1. The Labute approximate surface area is 146 Å². The molecule has 1 fully saturated rings. The summed E-state index contributed by atoms with van der Waals surface area (Å²) in [6.07, 6.45) is 1.66. The fraction of sp³-hybridized carbons (Fsp3) is 0.429. The van der Waals surface area contributed by atoms with E-state index < -0.39 is 0 Å². The monoisotopic (exact) mass is 466 g/mol. The van der Waals surface area contributed by atoms with Crippen LogP contribution in [-0.2, 0) is 0 Å². The van der Waals surface area contributed by atoms with Crippen molar-refractivity contribution in [2.45, 2.75) is 19.8 Å². The molecule has 20 heavy (non-hydrogen) atoms. The molecule has 1 saturated heterocycles. The molecule has 1 heterocycles. The number of carbonyl (C=O) groups excluding carboxylic acids is 1. The topological polar surface area (TPSA) is 46.3 Å². The van der Waals surface area contributed by atoms with Crippen LogP contribution in [0.15, 0.2) is 22.7 Å². The zero-order chi connectivity index (χ0) is 14.9. The van der Waals surface area contributed by atoms with Crippen LogP contribution in [0.1, 0.15) is 30.1 Å². The molecule has 108 valence electrons. The summed E-state index contributed by atoms with van der Waals surface area (Å²) in [6.45, 7) is 3.49. The first kappa shape index (κ1) is 16.2. The highest BCUT2D eigenvalue weighted by Crippen LogP contribution is 2.32. The number of piperidine rings is 1. The molecule has 0 bridgehead atoms. The second-order valence-electron chi connectivity index (χ2n) is 5.34. The SMILES string of the molecule is CC1(C(N)=S)CCN(C(=O)c2cc(Br)ccc2I)CC1. The third-order valence-electron chi connectivity index (χ3n) is 3.91. The Balaban J connectivity index is 2.13. The van der Waals surface area contributed by atoms with Crippen molar-refractivity contribution < 1.29 is 4.79 Å². The quantitative estimate of drug-likeness (QED) is 0.535. The van der Waals surface area contributed by atoms with E-state index in [-0.39, 0.29) is 11.3 Å². The summed E-state index contributed by atoms with van der Waals surface area (Å²) in [5, 5.41) is 0. The predicted octanol–water partition coefficient (Wildman–Crippen LogP) is 3.58. The summed E-state index contributed by atoms with van der Waals surface area (Å²) in [5.41, 5.74) is 6.43. The summed E-state index contributed by atoms with van der Waals surface area (Å²) in [7, 11) is 0. The summed E-state index contributed by atoms with van der Waals surface area (Å²) in [4.78, 5) is 15.0. The number of carbonyl (C=O) groups is 1. The van der Waals surface area contributed by atoms with E-state index >= 15 is 0 Å². The lowest BCUT2D eigenvalue weighted by Crippen LogP contribution is -2.46. The molecule has 6 heteroatoms. The predicted molar refractivity (Wildman–Crippen MR) is 96.9 cm³/mol. The minimum absolute atomic E-state index is 0.0840. The average Bonchev–Trinajstić information content (AvgIpc) is 2.41. The van der Waals surface area contributed by atoms with Crippen molar-refractivity contribution in [2.75, 3.05) is 13.1 Å². The number of nitrogens with zero attached hydrogens (tertiary/aromatic N) is 1. The molecule has 0 radical (unpaired) electrons. The van der Waals surface area contributed by atoms with Crippen LogP contribution in [0.25, 0.3) is 0 Å². The van der Waals surface area contributed by atoms with Gasteiger partial charge in [-0.2, -0.15) is 0 Å². The van der Waals surface area contributed by atoms with Gasteiger partial charge in [-0.25, -0.2) is 0 Å². The van der Waals surface area contributed by atoms with Crippen LogP contribution in [0.2, 0.25) is 0 Å². The van der Waals surface area contributed by atoms with E-state index in [1.54, 1.807) is 0 Å². The molecule has 0 aromatic heterocycles. The smallest absolute Gasteiger partial charge is 0.254 e. The van der Waals surface area contributed by atoms with Crippen LogP contribution in [0, 0.1) is 8.99 Å². The molecule has 1 aliphatic heterocycles. The maximum Gasteiger partial charge on any atom is 0.254 e. The largest absolute Gasteiger partial charge is 0.393 e. The highest BCUT2D eigenvalue weighted by molar-refractivity contribution is 14.1. The Bertz CT molecular complexity index is 556. The van der Waals surface area contributed by atoms with Gasteiger partial charge in [0.1, 0.15) is 0 Å². The average molecular weight is 467 g/mol. The number of amides is 1. The molecule has 0 saturated carbocycles. The maximum absolute atomic E-state index is 12.6. The van der Waals surface area contributed by atoms with E-state index in [0.717, 1.165) is 26.4 Å².